The van der Waals surface area contributed by atoms with Crippen LogP contribution in [0.5, 0.6) is 11.6 Å². The molecule has 2 rings (SSSR count). The molecule has 2 N–H and O–H groups in total. The molecular weight excluding hydrogens is 260 g/mol. The molecule has 5 nitrogen and oxygen atoms in total. The van der Waals surface area contributed by atoms with E-state index in [9.17, 15) is 0 Å². The summed E-state index contributed by atoms with van der Waals surface area (Å²) in [4.78, 5) is 11.7. The minimum Gasteiger partial charge on any atom is -0.436 e. The predicted molar refractivity (Wildman–Crippen MR) is 58.5 cm³/mol. The van der Waals surface area contributed by atoms with Crippen LogP contribution in [0.25, 0.3) is 0 Å². The minimum absolute atomic E-state index is 0.164. The summed E-state index contributed by atoms with van der Waals surface area (Å²) in [6.07, 6.45) is 4.79. The van der Waals surface area contributed by atoms with Crippen LogP contribution in [0.15, 0.2) is 35.2 Å². The summed E-state index contributed by atoms with van der Waals surface area (Å²) in [5, 5.41) is 0. The van der Waals surface area contributed by atoms with Gasteiger partial charge in [-0.15, -0.1) is 0 Å². The number of halogens is 1. The molecule has 6 heteroatoms. The van der Waals surface area contributed by atoms with Gasteiger partial charge in [-0.2, -0.15) is 4.98 Å². The van der Waals surface area contributed by atoms with Crippen LogP contribution >= 0.6 is 15.9 Å². The summed E-state index contributed by atoms with van der Waals surface area (Å²) in [6.45, 7) is 0. The van der Waals surface area contributed by atoms with Gasteiger partial charge in [0.25, 0.3) is 0 Å². The Hall–Kier alpha value is -1.69. The van der Waals surface area contributed by atoms with E-state index in [-0.39, 0.29) is 5.95 Å². The lowest BCUT2D eigenvalue weighted by atomic mass is 10.5. The molecule has 0 saturated carbocycles. The average Bonchev–Trinajstić information content (AvgIpc) is 2.25. The molecule has 0 atom stereocenters. The Labute approximate surface area is 94.5 Å². The number of nitrogens with two attached hydrogens (primary N) is 1. The van der Waals surface area contributed by atoms with Gasteiger partial charge in [-0.25, -0.2) is 4.98 Å². The minimum atomic E-state index is 0.164. The lowest BCUT2D eigenvalue weighted by Gasteiger charge is -2.05. The molecule has 2 heterocycles. The third-order valence-electron chi connectivity index (χ3n) is 1.58. The van der Waals surface area contributed by atoms with E-state index in [1.807, 2.05) is 0 Å². The molecule has 2 aromatic rings. The number of nitrogen functional groups attached to an aromatic ring is 1. The zero-order valence-corrected chi connectivity index (χ0v) is 9.18. The molecule has 0 saturated heterocycles. The van der Waals surface area contributed by atoms with E-state index in [1.165, 1.54) is 6.20 Å². The number of hydrogen-bond acceptors (Lipinski definition) is 5. The van der Waals surface area contributed by atoms with Gasteiger partial charge in [-0.1, -0.05) is 0 Å². The Morgan fingerprint density at radius 1 is 1.33 bits per heavy atom. The highest BCUT2D eigenvalue weighted by atomic mass is 79.9. The molecule has 0 unspecified atom stereocenters. The fraction of sp³-hybridized carbons (Fsp3) is 0. The van der Waals surface area contributed by atoms with Crippen LogP contribution in [0.3, 0.4) is 0 Å². The second-order valence-corrected chi connectivity index (χ2v) is 3.53. The van der Waals surface area contributed by atoms with Crippen molar-refractivity contribution in [2.75, 3.05) is 5.73 Å². The van der Waals surface area contributed by atoms with Crippen molar-refractivity contribution >= 4 is 21.9 Å². The van der Waals surface area contributed by atoms with E-state index in [0.29, 0.717) is 16.1 Å². The average molecular weight is 267 g/mol. The molecule has 0 bridgehead atoms. The van der Waals surface area contributed by atoms with Crippen LogP contribution in [-0.4, -0.2) is 15.0 Å². The monoisotopic (exact) mass is 266 g/mol. The van der Waals surface area contributed by atoms with Crippen molar-refractivity contribution in [2.45, 2.75) is 0 Å². The first-order chi connectivity index (χ1) is 7.25. The van der Waals surface area contributed by atoms with E-state index in [1.54, 1.807) is 24.5 Å². The van der Waals surface area contributed by atoms with E-state index in [2.05, 4.69) is 30.9 Å². The lowest BCUT2D eigenvalue weighted by Crippen LogP contribution is -1.97. The molecule has 15 heavy (non-hydrogen) atoms. The van der Waals surface area contributed by atoms with Gasteiger partial charge in [0.05, 0.1) is 16.9 Å². The standard InChI is InChI=1S/C9H7BrN4O/c10-7-5-13-9(11)14-8(7)15-6-2-1-3-12-4-6/h1-5H,(H2,11,13,14). The molecule has 2 aromatic heterocycles. The van der Waals surface area contributed by atoms with Gasteiger partial charge in [0, 0.05) is 6.20 Å². The van der Waals surface area contributed by atoms with Crippen LogP contribution in [0, 0.1) is 0 Å². The van der Waals surface area contributed by atoms with E-state index >= 15 is 0 Å². The van der Waals surface area contributed by atoms with Crippen molar-refractivity contribution in [2.24, 2.45) is 0 Å². The maximum atomic E-state index is 5.45. The number of hydrogen-bond donors (Lipinski definition) is 1. The zero-order valence-electron chi connectivity index (χ0n) is 7.59. The van der Waals surface area contributed by atoms with Gasteiger partial charge in [-0.05, 0) is 28.1 Å². The Bertz CT molecular complexity index is 463. The zero-order chi connectivity index (χ0) is 10.7. The highest BCUT2D eigenvalue weighted by Crippen LogP contribution is 2.26. The van der Waals surface area contributed by atoms with Crippen LogP contribution < -0.4 is 10.5 Å². The van der Waals surface area contributed by atoms with Gasteiger partial charge in [0.2, 0.25) is 11.8 Å². The molecule has 0 amide bonds. The topological polar surface area (TPSA) is 73.9 Å². The first-order valence-corrected chi connectivity index (χ1v) is 4.91. The van der Waals surface area contributed by atoms with Crippen LogP contribution in [0.2, 0.25) is 0 Å². The fourth-order valence-corrected chi connectivity index (χ4v) is 1.23. The summed E-state index contributed by atoms with van der Waals surface area (Å²) in [5.74, 6) is 1.13. The molecule has 0 aromatic carbocycles. The number of anilines is 1. The number of pyridine rings is 1. The van der Waals surface area contributed by atoms with Crippen LogP contribution in [0.4, 0.5) is 5.95 Å². The Balaban J connectivity index is 2.28. The van der Waals surface area contributed by atoms with Gasteiger partial charge in [0.15, 0.2) is 0 Å². The van der Waals surface area contributed by atoms with Crippen LogP contribution in [-0.2, 0) is 0 Å². The first kappa shape index (κ1) is 9.85. The second kappa shape index (κ2) is 4.22. The number of aromatic nitrogens is 3. The number of rotatable bonds is 2. The third-order valence-corrected chi connectivity index (χ3v) is 2.12. The summed E-state index contributed by atoms with van der Waals surface area (Å²) >= 11 is 3.26. The molecule has 0 fully saturated rings. The lowest BCUT2D eigenvalue weighted by molar-refractivity contribution is 0.457. The van der Waals surface area contributed by atoms with Gasteiger partial charge >= 0.3 is 0 Å². The number of ether oxygens (including phenoxy) is 1. The van der Waals surface area contributed by atoms with E-state index in [4.69, 9.17) is 10.5 Å². The summed E-state index contributed by atoms with van der Waals surface area (Å²) in [5.41, 5.74) is 5.44. The first-order valence-electron chi connectivity index (χ1n) is 4.11. The molecular formula is C9H7BrN4O. The molecule has 0 aliphatic heterocycles. The van der Waals surface area contributed by atoms with E-state index < -0.39 is 0 Å². The van der Waals surface area contributed by atoms with Crippen molar-refractivity contribution in [1.29, 1.82) is 0 Å². The SMILES string of the molecule is Nc1ncc(Br)c(Oc2cccnc2)n1. The van der Waals surface area contributed by atoms with Crippen molar-refractivity contribution in [3.63, 3.8) is 0 Å². The van der Waals surface area contributed by atoms with Gasteiger partial charge in [0.1, 0.15) is 5.75 Å². The Morgan fingerprint density at radius 2 is 2.20 bits per heavy atom. The maximum Gasteiger partial charge on any atom is 0.238 e. The molecule has 76 valence electrons. The Morgan fingerprint density at radius 3 is 2.93 bits per heavy atom. The van der Waals surface area contributed by atoms with Crippen molar-refractivity contribution in [3.8, 4) is 11.6 Å². The smallest absolute Gasteiger partial charge is 0.238 e. The van der Waals surface area contributed by atoms with Crippen LogP contribution in [0.1, 0.15) is 0 Å². The van der Waals surface area contributed by atoms with Crippen molar-refractivity contribution in [1.82, 2.24) is 15.0 Å². The molecule has 0 aliphatic rings. The number of nitrogens with zero attached hydrogens (tertiary/aromatic N) is 3. The predicted octanol–water partition coefficient (Wildman–Crippen LogP) is 2.01. The molecule has 0 aliphatic carbocycles. The second-order valence-electron chi connectivity index (χ2n) is 2.67. The van der Waals surface area contributed by atoms with Gasteiger partial charge in [-0.3, -0.25) is 4.98 Å². The Kier molecular flexibility index (Phi) is 2.77. The molecule has 0 spiro atoms. The largest absolute Gasteiger partial charge is 0.436 e. The summed E-state index contributed by atoms with van der Waals surface area (Å²) < 4.78 is 6.09. The summed E-state index contributed by atoms with van der Waals surface area (Å²) in [6, 6.07) is 3.55. The normalized spacial score (nSPS) is 9.93. The quantitative estimate of drug-likeness (QED) is 0.900. The fourth-order valence-electron chi connectivity index (χ4n) is 0.955. The van der Waals surface area contributed by atoms with Crippen molar-refractivity contribution < 1.29 is 4.74 Å². The third kappa shape index (κ3) is 2.41. The highest BCUT2D eigenvalue weighted by Gasteiger charge is 2.05. The highest BCUT2D eigenvalue weighted by molar-refractivity contribution is 9.10. The summed E-state index contributed by atoms with van der Waals surface area (Å²) in [7, 11) is 0. The van der Waals surface area contributed by atoms with Gasteiger partial charge < -0.3 is 10.5 Å². The van der Waals surface area contributed by atoms with Crippen molar-refractivity contribution in [3.05, 3.63) is 35.2 Å². The maximum absolute atomic E-state index is 5.45. The van der Waals surface area contributed by atoms with E-state index in [0.717, 1.165) is 0 Å². The molecule has 0 radical (unpaired) electrons.